The molecule has 0 aromatic carbocycles. The summed E-state index contributed by atoms with van der Waals surface area (Å²) in [5.41, 5.74) is 3.47. The predicted octanol–water partition coefficient (Wildman–Crippen LogP) is 2.21. The van der Waals surface area contributed by atoms with Gasteiger partial charge in [-0.1, -0.05) is 6.92 Å². The van der Waals surface area contributed by atoms with Crippen molar-refractivity contribution in [1.82, 2.24) is 20.1 Å². The molecule has 0 radical (unpaired) electrons. The first kappa shape index (κ1) is 12.8. The second kappa shape index (κ2) is 5.78. The molecule has 2 rings (SSSR count). The van der Waals surface area contributed by atoms with Crippen LogP contribution in [0.4, 0.5) is 0 Å². The van der Waals surface area contributed by atoms with Gasteiger partial charge in [-0.25, -0.2) is 0 Å². The molecule has 0 aliphatic rings. The third kappa shape index (κ3) is 2.96. The van der Waals surface area contributed by atoms with Crippen LogP contribution in [0.2, 0.25) is 0 Å². The first-order chi connectivity index (χ1) is 8.70. The molecule has 0 aliphatic carbocycles. The summed E-state index contributed by atoms with van der Waals surface area (Å²) in [6, 6.07) is 4.38. The van der Waals surface area contributed by atoms with Crippen LogP contribution in [-0.4, -0.2) is 21.3 Å². The summed E-state index contributed by atoms with van der Waals surface area (Å²) in [5.74, 6) is 0. The smallest absolute Gasteiger partial charge is 0.0609 e. The first-order valence-electron chi connectivity index (χ1n) is 6.35. The van der Waals surface area contributed by atoms with Gasteiger partial charge >= 0.3 is 0 Å². The van der Waals surface area contributed by atoms with Gasteiger partial charge in [-0.3, -0.25) is 9.67 Å². The summed E-state index contributed by atoms with van der Waals surface area (Å²) in [6.07, 6.45) is 6.95. The molecule has 1 atom stereocenters. The first-order valence-corrected chi connectivity index (χ1v) is 6.35. The van der Waals surface area contributed by atoms with Crippen molar-refractivity contribution in [2.75, 3.05) is 6.54 Å². The highest BCUT2D eigenvalue weighted by atomic mass is 15.2. The molecule has 0 saturated carbocycles. The van der Waals surface area contributed by atoms with Crippen LogP contribution in [-0.2, 0) is 7.05 Å². The van der Waals surface area contributed by atoms with Gasteiger partial charge in [0.1, 0.15) is 0 Å². The number of aromatic nitrogens is 3. The normalized spacial score (nSPS) is 12.6. The number of aryl methyl sites for hydroxylation is 2. The molecule has 2 heterocycles. The van der Waals surface area contributed by atoms with Gasteiger partial charge < -0.3 is 5.32 Å². The monoisotopic (exact) mass is 244 g/mol. The summed E-state index contributed by atoms with van der Waals surface area (Å²) in [5, 5.41) is 7.82. The van der Waals surface area contributed by atoms with Crippen LogP contribution in [0.1, 0.15) is 36.2 Å². The van der Waals surface area contributed by atoms with Crippen molar-refractivity contribution in [2.24, 2.45) is 7.05 Å². The molecule has 0 saturated heterocycles. The van der Waals surface area contributed by atoms with Gasteiger partial charge in [0.05, 0.1) is 12.2 Å². The summed E-state index contributed by atoms with van der Waals surface area (Å²) in [4.78, 5) is 4.25. The minimum Gasteiger partial charge on any atom is -0.306 e. The number of nitrogens with zero attached hydrogens (tertiary/aromatic N) is 3. The highest BCUT2D eigenvalue weighted by Crippen LogP contribution is 2.21. The molecular weight excluding hydrogens is 224 g/mol. The van der Waals surface area contributed by atoms with Crippen molar-refractivity contribution in [1.29, 1.82) is 0 Å². The zero-order valence-electron chi connectivity index (χ0n) is 11.2. The Balaban J connectivity index is 2.30. The van der Waals surface area contributed by atoms with Crippen molar-refractivity contribution in [3.63, 3.8) is 0 Å². The third-order valence-corrected chi connectivity index (χ3v) is 2.91. The van der Waals surface area contributed by atoms with E-state index in [0.717, 1.165) is 18.7 Å². The molecule has 2 aromatic heterocycles. The third-order valence-electron chi connectivity index (χ3n) is 2.91. The van der Waals surface area contributed by atoms with E-state index in [-0.39, 0.29) is 6.04 Å². The molecule has 2 aromatic rings. The maximum atomic E-state index is 4.25. The van der Waals surface area contributed by atoms with Gasteiger partial charge in [-0.2, -0.15) is 5.10 Å². The predicted molar refractivity (Wildman–Crippen MR) is 72.3 cm³/mol. The zero-order chi connectivity index (χ0) is 13.0. The van der Waals surface area contributed by atoms with Gasteiger partial charge in [0.25, 0.3) is 0 Å². The van der Waals surface area contributed by atoms with Crippen LogP contribution < -0.4 is 5.32 Å². The van der Waals surface area contributed by atoms with Crippen molar-refractivity contribution in [2.45, 2.75) is 26.3 Å². The second-order valence-corrected chi connectivity index (χ2v) is 4.57. The van der Waals surface area contributed by atoms with E-state index in [1.807, 2.05) is 31.0 Å². The quantitative estimate of drug-likeness (QED) is 0.877. The van der Waals surface area contributed by atoms with Crippen LogP contribution >= 0.6 is 0 Å². The summed E-state index contributed by atoms with van der Waals surface area (Å²) in [7, 11) is 1.94. The lowest BCUT2D eigenvalue weighted by molar-refractivity contribution is 0.597. The number of nitrogens with one attached hydrogen (secondary N) is 1. The average Bonchev–Trinajstić information content (AvgIpc) is 2.76. The molecular formula is C14H20N4. The van der Waals surface area contributed by atoms with E-state index in [4.69, 9.17) is 0 Å². The molecule has 4 nitrogen and oxygen atoms in total. The largest absolute Gasteiger partial charge is 0.306 e. The Bertz CT molecular complexity index is 504. The molecule has 1 N–H and O–H groups in total. The highest BCUT2D eigenvalue weighted by molar-refractivity contribution is 5.29. The molecule has 0 fully saturated rings. The Morgan fingerprint density at radius 2 is 2.22 bits per heavy atom. The summed E-state index contributed by atoms with van der Waals surface area (Å²) < 4.78 is 1.84. The molecule has 0 aliphatic heterocycles. The van der Waals surface area contributed by atoms with Gasteiger partial charge in [0.15, 0.2) is 0 Å². The fourth-order valence-corrected chi connectivity index (χ4v) is 2.05. The molecule has 0 amide bonds. The Morgan fingerprint density at radius 1 is 1.39 bits per heavy atom. The number of pyridine rings is 1. The van der Waals surface area contributed by atoms with Gasteiger partial charge in [-0.05, 0) is 37.6 Å². The molecule has 0 spiro atoms. The molecule has 0 bridgehead atoms. The minimum absolute atomic E-state index is 0.195. The van der Waals surface area contributed by atoms with Crippen molar-refractivity contribution in [3.8, 4) is 0 Å². The van der Waals surface area contributed by atoms with E-state index in [0.29, 0.717) is 0 Å². The highest BCUT2D eigenvalue weighted by Gasteiger charge is 2.15. The molecule has 18 heavy (non-hydrogen) atoms. The maximum absolute atomic E-state index is 4.25. The van der Waals surface area contributed by atoms with E-state index in [1.54, 1.807) is 0 Å². The zero-order valence-corrected chi connectivity index (χ0v) is 11.2. The Kier molecular flexibility index (Phi) is 4.10. The number of hydrogen-bond acceptors (Lipinski definition) is 3. The lowest BCUT2D eigenvalue weighted by Gasteiger charge is -2.17. The number of rotatable bonds is 5. The Hall–Kier alpha value is -1.68. The topological polar surface area (TPSA) is 42.7 Å². The standard InChI is InChI=1S/C14H20N4/c1-4-6-16-14(13-9-17-18(3)10-13)12-5-7-15-11(2)8-12/h5,7-10,14,16H,4,6H2,1-3H3. The van der Waals surface area contributed by atoms with Gasteiger partial charge in [0.2, 0.25) is 0 Å². The van der Waals surface area contributed by atoms with E-state index >= 15 is 0 Å². The lowest BCUT2D eigenvalue weighted by atomic mass is 10.0. The van der Waals surface area contributed by atoms with E-state index < -0.39 is 0 Å². The molecule has 96 valence electrons. The van der Waals surface area contributed by atoms with Crippen molar-refractivity contribution in [3.05, 3.63) is 47.5 Å². The summed E-state index contributed by atoms with van der Waals surface area (Å²) in [6.45, 7) is 5.18. The van der Waals surface area contributed by atoms with Crippen LogP contribution in [0.25, 0.3) is 0 Å². The van der Waals surface area contributed by atoms with Crippen LogP contribution in [0.3, 0.4) is 0 Å². The lowest BCUT2D eigenvalue weighted by Crippen LogP contribution is -2.23. The Morgan fingerprint density at radius 3 is 2.83 bits per heavy atom. The fraction of sp³-hybridized carbons (Fsp3) is 0.429. The average molecular weight is 244 g/mol. The fourth-order valence-electron chi connectivity index (χ4n) is 2.05. The molecule has 1 unspecified atom stereocenters. The van der Waals surface area contributed by atoms with Gasteiger partial charge in [0, 0.05) is 30.7 Å². The maximum Gasteiger partial charge on any atom is 0.0609 e. The Labute approximate surface area is 108 Å². The van der Waals surface area contributed by atoms with Crippen LogP contribution in [0.5, 0.6) is 0 Å². The van der Waals surface area contributed by atoms with E-state index in [2.05, 4.69) is 40.7 Å². The van der Waals surface area contributed by atoms with Crippen LogP contribution in [0.15, 0.2) is 30.7 Å². The van der Waals surface area contributed by atoms with Crippen molar-refractivity contribution < 1.29 is 0 Å². The van der Waals surface area contributed by atoms with Gasteiger partial charge in [-0.15, -0.1) is 0 Å². The van der Waals surface area contributed by atoms with E-state index in [1.165, 1.54) is 11.1 Å². The SMILES string of the molecule is CCCNC(c1ccnc(C)c1)c1cnn(C)c1. The van der Waals surface area contributed by atoms with Crippen LogP contribution in [0, 0.1) is 6.92 Å². The number of hydrogen-bond donors (Lipinski definition) is 1. The second-order valence-electron chi connectivity index (χ2n) is 4.57. The minimum atomic E-state index is 0.195. The summed E-state index contributed by atoms with van der Waals surface area (Å²) >= 11 is 0. The van der Waals surface area contributed by atoms with E-state index in [9.17, 15) is 0 Å². The molecule has 4 heteroatoms. The van der Waals surface area contributed by atoms with Crippen molar-refractivity contribution >= 4 is 0 Å².